The first-order valence-electron chi connectivity index (χ1n) is 6.17. The summed E-state index contributed by atoms with van der Waals surface area (Å²) >= 11 is 0.972. The zero-order chi connectivity index (χ0) is 17.0. The molecule has 2 aromatic rings. The van der Waals surface area contributed by atoms with Crippen molar-refractivity contribution in [2.24, 2.45) is 4.99 Å². The average molecular weight is 343 g/mol. The summed E-state index contributed by atoms with van der Waals surface area (Å²) in [5.41, 5.74) is -0.845. The predicted octanol–water partition coefficient (Wildman–Crippen LogP) is 4.69. The largest absolute Gasteiger partial charge is 0.506 e. The van der Waals surface area contributed by atoms with Gasteiger partial charge in [-0.3, -0.25) is 9.79 Å². The highest BCUT2D eigenvalue weighted by molar-refractivity contribution is 7.11. The number of aliphatic hydroxyl groups is 1. The minimum absolute atomic E-state index is 0.100. The molecule has 2 rings (SSSR count). The van der Waals surface area contributed by atoms with Gasteiger partial charge in [0.1, 0.15) is 11.6 Å². The van der Waals surface area contributed by atoms with E-state index >= 15 is 0 Å². The molecule has 23 heavy (non-hydrogen) atoms. The Kier molecular flexibility index (Phi) is 4.95. The normalized spacial score (nSPS) is 13.2. The number of thiophene rings is 1. The standard InChI is InChI=1S/C15H9F4NO2S/c16-9-3-5-10(6-4-9)20-8-11(14(22)15(17,18)19)13(21)12-2-1-7-23-12/h1-8,21H/b13-11+,20-8?. The van der Waals surface area contributed by atoms with Gasteiger partial charge in [-0.1, -0.05) is 6.07 Å². The summed E-state index contributed by atoms with van der Waals surface area (Å²) in [5, 5.41) is 11.5. The van der Waals surface area contributed by atoms with E-state index in [4.69, 9.17) is 0 Å². The van der Waals surface area contributed by atoms with Crippen LogP contribution in [-0.2, 0) is 4.79 Å². The van der Waals surface area contributed by atoms with Crippen LogP contribution in [0, 0.1) is 5.82 Å². The van der Waals surface area contributed by atoms with Crippen LogP contribution in [0.15, 0.2) is 52.3 Å². The lowest BCUT2D eigenvalue weighted by Gasteiger charge is -2.07. The fourth-order valence-corrected chi connectivity index (χ4v) is 2.27. The van der Waals surface area contributed by atoms with Crippen molar-refractivity contribution >= 4 is 34.8 Å². The van der Waals surface area contributed by atoms with Crippen LogP contribution in [-0.4, -0.2) is 23.3 Å². The van der Waals surface area contributed by atoms with E-state index < -0.39 is 29.1 Å². The Balaban J connectivity index is 2.44. The zero-order valence-electron chi connectivity index (χ0n) is 11.3. The van der Waals surface area contributed by atoms with Gasteiger partial charge in [-0.05, 0) is 35.7 Å². The first kappa shape index (κ1) is 16.9. The number of rotatable bonds is 4. The second-order valence-electron chi connectivity index (χ2n) is 4.30. The molecule has 120 valence electrons. The molecule has 0 unspecified atom stereocenters. The molecule has 8 heteroatoms. The second kappa shape index (κ2) is 6.74. The molecule has 0 radical (unpaired) electrons. The molecule has 0 aliphatic heterocycles. The van der Waals surface area contributed by atoms with Crippen molar-refractivity contribution in [3.63, 3.8) is 0 Å². The number of Topliss-reactive ketones (excluding diaryl/α,β-unsaturated/α-hetero) is 1. The van der Waals surface area contributed by atoms with Crippen LogP contribution >= 0.6 is 11.3 Å². The zero-order valence-corrected chi connectivity index (χ0v) is 12.2. The van der Waals surface area contributed by atoms with E-state index in [0.717, 1.165) is 23.5 Å². The van der Waals surface area contributed by atoms with Gasteiger partial charge in [0.25, 0.3) is 5.78 Å². The number of ketones is 1. The number of carbonyl (C=O) groups is 1. The van der Waals surface area contributed by atoms with Gasteiger partial charge in [-0.15, -0.1) is 11.3 Å². The van der Waals surface area contributed by atoms with E-state index in [2.05, 4.69) is 4.99 Å². The molecule has 0 aliphatic carbocycles. The highest BCUT2D eigenvalue weighted by Crippen LogP contribution is 2.27. The summed E-state index contributed by atoms with van der Waals surface area (Å²) < 4.78 is 50.8. The van der Waals surface area contributed by atoms with Crippen molar-refractivity contribution in [2.45, 2.75) is 6.18 Å². The molecule has 0 spiro atoms. The molecular formula is C15H9F4NO2S. The van der Waals surface area contributed by atoms with Gasteiger partial charge in [0.05, 0.1) is 16.1 Å². The van der Waals surface area contributed by atoms with E-state index in [1.165, 1.54) is 24.3 Å². The maximum absolute atomic E-state index is 12.8. The maximum Gasteiger partial charge on any atom is 0.455 e. The molecule has 1 aromatic carbocycles. The molecular weight excluding hydrogens is 334 g/mol. The molecule has 1 aromatic heterocycles. The summed E-state index contributed by atoms with van der Waals surface area (Å²) in [4.78, 5) is 15.3. The Hall–Kier alpha value is -2.48. The van der Waals surface area contributed by atoms with Crippen molar-refractivity contribution in [1.29, 1.82) is 0 Å². The van der Waals surface area contributed by atoms with Gasteiger partial charge in [-0.25, -0.2) is 4.39 Å². The number of allylic oxidation sites excluding steroid dienone is 1. The number of hydrogen-bond donors (Lipinski definition) is 1. The van der Waals surface area contributed by atoms with Crippen molar-refractivity contribution in [2.75, 3.05) is 0 Å². The molecule has 1 N–H and O–H groups in total. The van der Waals surface area contributed by atoms with E-state index in [9.17, 15) is 27.5 Å². The number of hydrogen-bond acceptors (Lipinski definition) is 4. The van der Waals surface area contributed by atoms with E-state index in [1.807, 2.05) is 0 Å². The van der Waals surface area contributed by atoms with Gasteiger partial charge in [-0.2, -0.15) is 13.2 Å². The Morgan fingerprint density at radius 3 is 2.35 bits per heavy atom. The Labute approximate surface area is 132 Å². The first-order valence-corrected chi connectivity index (χ1v) is 7.05. The minimum atomic E-state index is -5.16. The van der Waals surface area contributed by atoms with Crippen LogP contribution in [0.25, 0.3) is 5.76 Å². The first-order chi connectivity index (χ1) is 10.8. The molecule has 0 amide bonds. The number of benzene rings is 1. The SMILES string of the molecule is O=C(/C(C=Nc1ccc(F)cc1)=C(/O)c1cccs1)C(F)(F)F. The lowest BCUT2D eigenvalue weighted by Crippen LogP contribution is -2.26. The molecule has 0 fully saturated rings. The van der Waals surface area contributed by atoms with Gasteiger partial charge in [0.2, 0.25) is 0 Å². The summed E-state index contributed by atoms with van der Waals surface area (Å²) in [5.74, 6) is -3.56. The second-order valence-corrected chi connectivity index (χ2v) is 5.25. The number of alkyl halides is 3. The number of aliphatic hydroxyl groups excluding tert-OH is 1. The molecule has 0 atom stereocenters. The van der Waals surface area contributed by atoms with Crippen molar-refractivity contribution in [1.82, 2.24) is 0 Å². The van der Waals surface area contributed by atoms with Crippen molar-refractivity contribution < 1.29 is 27.5 Å². The third kappa shape index (κ3) is 4.26. The molecule has 0 saturated carbocycles. The van der Waals surface area contributed by atoms with Crippen molar-refractivity contribution in [3.05, 3.63) is 58.0 Å². The third-order valence-electron chi connectivity index (χ3n) is 2.68. The van der Waals surface area contributed by atoms with Gasteiger partial charge >= 0.3 is 6.18 Å². The fourth-order valence-electron chi connectivity index (χ4n) is 1.59. The van der Waals surface area contributed by atoms with Crippen LogP contribution in [0.4, 0.5) is 23.2 Å². The van der Waals surface area contributed by atoms with Crippen molar-refractivity contribution in [3.8, 4) is 0 Å². The quantitative estimate of drug-likeness (QED) is 0.379. The van der Waals surface area contributed by atoms with Crippen LogP contribution in [0.5, 0.6) is 0 Å². The monoisotopic (exact) mass is 343 g/mol. The van der Waals surface area contributed by atoms with Gasteiger partial charge in [0.15, 0.2) is 0 Å². The summed E-state index contributed by atoms with van der Waals surface area (Å²) in [6, 6.07) is 7.48. The minimum Gasteiger partial charge on any atom is -0.506 e. The van der Waals surface area contributed by atoms with E-state index in [-0.39, 0.29) is 10.6 Å². The fraction of sp³-hybridized carbons (Fsp3) is 0.0667. The number of carbonyl (C=O) groups excluding carboxylic acids is 1. The Morgan fingerprint density at radius 1 is 1.17 bits per heavy atom. The average Bonchev–Trinajstić information content (AvgIpc) is 3.02. The molecule has 0 bridgehead atoms. The highest BCUT2D eigenvalue weighted by Gasteiger charge is 2.41. The predicted molar refractivity (Wildman–Crippen MR) is 79.5 cm³/mol. The van der Waals surface area contributed by atoms with E-state index in [1.54, 1.807) is 5.38 Å². The van der Waals surface area contributed by atoms with Gasteiger partial charge in [0, 0.05) is 6.21 Å². The Bertz CT molecular complexity index is 747. The van der Waals surface area contributed by atoms with Crippen LogP contribution < -0.4 is 0 Å². The van der Waals surface area contributed by atoms with Crippen LogP contribution in [0.2, 0.25) is 0 Å². The summed E-state index contributed by atoms with van der Waals surface area (Å²) in [6.07, 6.45) is -4.53. The smallest absolute Gasteiger partial charge is 0.455 e. The summed E-state index contributed by atoms with van der Waals surface area (Å²) in [7, 11) is 0. The van der Waals surface area contributed by atoms with Gasteiger partial charge < -0.3 is 5.11 Å². The number of nitrogens with zero attached hydrogens (tertiary/aromatic N) is 1. The Morgan fingerprint density at radius 2 is 1.83 bits per heavy atom. The lowest BCUT2D eigenvalue weighted by atomic mass is 10.1. The topological polar surface area (TPSA) is 49.7 Å². The molecule has 0 aliphatic rings. The number of aliphatic imine (C=N–C) groups is 1. The molecule has 1 heterocycles. The highest BCUT2D eigenvalue weighted by atomic mass is 32.1. The van der Waals surface area contributed by atoms with Crippen LogP contribution in [0.3, 0.4) is 0 Å². The molecule has 3 nitrogen and oxygen atoms in total. The number of halogens is 4. The van der Waals surface area contributed by atoms with E-state index in [0.29, 0.717) is 6.21 Å². The summed E-state index contributed by atoms with van der Waals surface area (Å²) in [6.45, 7) is 0. The lowest BCUT2D eigenvalue weighted by molar-refractivity contribution is -0.165. The maximum atomic E-state index is 12.8. The third-order valence-corrected chi connectivity index (χ3v) is 3.56. The van der Waals surface area contributed by atoms with Crippen LogP contribution in [0.1, 0.15) is 4.88 Å². The molecule has 0 saturated heterocycles.